The molecule has 1 fully saturated rings. The largest absolute Gasteiger partial charge is 0.383 e. The average molecular weight is 281 g/mol. The van der Waals surface area contributed by atoms with E-state index in [1.807, 2.05) is 34.8 Å². The van der Waals surface area contributed by atoms with E-state index in [9.17, 15) is 4.79 Å². The summed E-state index contributed by atoms with van der Waals surface area (Å²) in [7, 11) is 3.55. The molecule has 1 aliphatic heterocycles. The van der Waals surface area contributed by atoms with Gasteiger partial charge in [0.1, 0.15) is 5.69 Å². The third-order valence-corrected chi connectivity index (χ3v) is 3.44. The van der Waals surface area contributed by atoms with Gasteiger partial charge >= 0.3 is 0 Å². The van der Waals surface area contributed by atoms with E-state index in [1.165, 1.54) is 0 Å². The molecule has 2 rings (SSSR count). The fourth-order valence-electron chi connectivity index (χ4n) is 2.41. The van der Waals surface area contributed by atoms with Crippen LogP contribution in [-0.2, 0) is 16.0 Å². The first-order chi connectivity index (χ1) is 9.76. The maximum atomic E-state index is 12.6. The van der Waals surface area contributed by atoms with E-state index in [-0.39, 0.29) is 12.0 Å². The normalized spacial score (nSPS) is 19.3. The second-order valence-corrected chi connectivity index (χ2v) is 4.88. The maximum Gasteiger partial charge on any atom is 0.270 e. The molecule has 0 aliphatic carbocycles. The Hall–Kier alpha value is -1.37. The number of ether oxygens (including phenoxy) is 2. The fourth-order valence-corrected chi connectivity index (χ4v) is 2.41. The molecule has 6 nitrogen and oxygen atoms in total. The minimum Gasteiger partial charge on any atom is -0.383 e. The predicted octanol–water partition coefficient (Wildman–Crippen LogP) is 0.195. The lowest BCUT2D eigenvalue weighted by Gasteiger charge is -2.33. The van der Waals surface area contributed by atoms with Crippen LogP contribution in [0.25, 0.3) is 0 Å². The van der Waals surface area contributed by atoms with Gasteiger partial charge in [0, 0.05) is 39.5 Å². The predicted molar refractivity (Wildman–Crippen MR) is 75.9 cm³/mol. The van der Waals surface area contributed by atoms with Crippen molar-refractivity contribution in [3.05, 3.63) is 24.0 Å². The summed E-state index contributed by atoms with van der Waals surface area (Å²) in [6.45, 7) is 3.92. The Morgan fingerprint density at radius 1 is 1.60 bits per heavy atom. The zero-order chi connectivity index (χ0) is 14.4. The molecule has 1 aromatic heterocycles. The molecule has 0 radical (unpaired) electrons. The van der Waals surface area contributed by atoms with E-state index in [2.05, 4.69) is 5.32 Å². The summed E-state index contributed by atoms with van der Waals surface area (Å²) in [5.74, 6) is 0.0653. The molecule has 0 spiro atoms. The van der Waals surface area contributed by atoms with Crippen LogP contribution in [0.15, 0.2) is 18.3 Å². The molecule has 1 saturated heterocycles. The first-order valence-electron chi connectivity index (χ1n) is 6.95. The summed E-state index contributed by atoms with van der Waals surface area (Å²) in [5, 5.41) is 3.09. The van der Waals surface area contributed by atoms with E-state index in [1.54, 1.807) is 7.11 Å². The second-order valence-electron chi connectivity index (χ2n) is 4.88. The molecule has 1 amide bonds. The van der Waals surface area contributed by atoms with Gasteiger partial charge in [-0.25, -0.2) is 0 Å². The Balaban J connectivity index is 2.01. The van der Waals surface area contributed by atoms with Crippen molar-refractivity contribution in [2.75, 3.05) is 47.0 Å². The van der Waals surface area contributed by atoms with E-state index in [0.717, 1.165) is 6.54 Å². The number of carbonyl (C=O) groups excluding carboxylic acids is 1. The number of hydrogen-bond acceptors (Lipinski definition) is 4. The number of methoxy groups -OCH3 is 1. The van der Waals surface area contributed by atoms with Gasteiger partial charge in [-0.2, -0.15) is 0 Å². The van der Waals surface area contributed by atoms with Crippen molar-refractivity contribution >= 4 is 5.91 Å². The summed E-state index contributed by atoms with van der Waals surface area (Å²) in [6, 6.07) is 3.76. The van der Waals surface area contributed by atoms with E-state index in [0.29, 0.717) is 38.5 Å². The lowest BCUT2D eigenvalue weighted by molar-refractivity contribution is -0.0200. The highest BCUT2D eigenvalue weighted by molar-refractivity contribution is 5.92. The number of nitrogens with zero attached hydrogens (tertiary/aromatic N) is 2. The minimum atomic E-state index is 0.0653. The standard InChI is InChI=1S/C14H23N3O3/c1-15-10-12-11-17(7-9-20-12)14(18)13-4-3-5-16(13)6-8-19-2/h3-5,12,15H,6-11H2,1-2H3. The van der Waals surface area contributed by atoms with Crippen LogP contribution in [0.3, 0.4) is 0 Å². The van der Waals surface area contributed by atoms with Crippen molar-refractivity contribution in [3.63, 3.8) is 0 Å². The van der Waals surface area contributed by atoms with Gasteiger partial charge in [0.05, 0.1) is 19.3 Å². The molecule has 0 aromatic carbocycles. The molecule has 1 N–H and O–H groups in total. The van der Waals surface area contributed by atoms with Crippen LogP contribution in [0.5, 0.6) is 0 Å². The number of nitrogens with one attached hydrogen (secondary N) is 1. The van der Waals surface area contributed by atoms with E-state index < -0.39 is 0 Å². The summed E-state index contributed by atoms with van der Waals surface area (Å²) in [5.41, 5.74) is 0.715. The SMILES string of the molecule is CNCC1CN(C(=O)c2cccn2CCOC)CCO1. The number of carbonyl (C=O) groups is 1. The molecule has 112 valence electrons. The van der Waals surface area contributed by atoms with Crippen molar-refractivity contribution < 1.29 is 14.3 Å². The monoisotopic (exact) mass is 281 g/mol. The van der Waals surface area contributed by atoms with Gasteiger partial charge in [-0.3, -0.25) is 4.79 Å². The molecule has 6 heteroatoms. The van der Waals surface area contributed by atoms with Gasteiger partial charge < -0.3 is 24.3 Å². The minimum absolute atomic E-state index is 0.0653. The van der Waals surface area contributed by atoms with Gasteiger partial charge in [-0.05, 0) is 19.2 Å². The lowest BCUT2D eigenvalue weighted by Crippen LogP contribution is -2.49. The van der Waals surface area contributed by atoms with Gasteiger partial charge in [-0.1, -0.05) is 0 Å². The maximum absolute atomic E-state index is 12.6. The average Bonchev–Trinajstić information content (AvgIpc) is 2.93. The Bertz CT molecular complexity index is 431. The Morgan fingerprint density at radius 3 is 3.20 bits per heavy atom. The zero-order valence-corrected chi connectivity index (χ0v) is 12.2. The van der Waals surface area contributed by atoms with Crippen molar-refractivity contribution in [2.45, 2.75) is 12.6 Å². The third kappa shape index (κ3) is 3.59. The number of aromatic nitrogens is 1. The van der Waals surface area contributed by atoms with Gasteiger partial charge in [0.25, 0.3) is 5.91 Å². The van der Waals surface area contributed by atoms with Crippen LogP contribution < -0.4 is 5.32 Å². The van der Waals surface area contributed by atoms with Gasteiger partial charge in [0.15, 0.2) is 0 Å². The fraction of sp³-hybridized carbons (Fsp3) is 0.643. The Morgan fingerprint density at radius 2 is 2.45 bits per heavy atom. The van der Waals surface area contributed by atoms with Crippen molar-refractivity contribution in [2.24, 2.45) is 0 Å². The highest BCUT2D eigenvalue weighted by Crippen LogP contribution is 2.11. The smallest absolute Gasteiger partial charge is 0.270 e. The molecule has 0 bridgehead atoms. The van der Waals surface area contributed by atoms with Crippen molar-refractivity contribution in [3.8, 4) is 0 Å². The van der Waals surface area contributed by atoms with Crippen LogP contribution >= 0.6 is 0 Å². The molecule has 1 aliphatic rings. The molecular weight excluding hydrogens is 258 g/mol. The lowest BCUT2D eigenvalue weighted by atomic mass is 10.2. The highest BCUT2D eigenvalue weighted by Gasteiger charge is 2.25. The molecule has 1 atom stereocenters. The van der Waals surface area contributed by atoms with Gasteiger partial charge in [0.2, 0.25) is 0 Å². The topological polar surface area (TPSA) is 55.7 Å². The Labute approximate surface area is 119 Å². The van der Waals surface area contributed by atoms with Crippen LogP contribution in [0.2, 0.25) is 0 Å². The molecule has 1 unspecified atom stereocenters. The quantitative estimate of drug-likeness (QED) is 0.809. The number of rotatable bonds is 6. The molecule has 1 aromatic rings. The summed E-state index contributed by atoms with van der Waals surface area (Å²) in [4.78, 5) is 14.4. The number of amides is 1. The summed E-state index contributed by atoms with van der Waals surface area (Å²) in [6.07, 6.45) is 1.98. The second kappa shape index (κ2) is 7.42. The molecule has 0 saturated carbocycles. The number of likely N-dealkylation sites (N-methyl/N-ethyl adjacent to an activating group) is 1. The van der Waals surface area contributed by atoms with Crippen molar-refractivity contribution in [1.29, 1.82) is 0 Å². The summed E-state index contributed by atoms with van der Waals surface area (Å²) >= 11 is 0. The zero-order valence-electron chi connectivity index (χ0n) is 12.2. The molecule has 2 heterocycles. The van der Waals surface area contributed by atoms with Crippen molar-refractivity contribution in [1.82, 2.24) is 14.8 Å². The number of morpholine rings is 1. The summed E-state index contributed by atoms with van der Waals surface area (Å²) < 4.78 is 12.6. The van der Waals surface area contributed by atoms with Gasteiger partial charge in [-0.15, -0.1) is 0 Å². The first-order valence-corrected chi connectivity index (χ1v) is 6.95. The van der Waals surface area contributed by atoms with Crippen LogP contribution in [0.1, 0.15) is 10.5 Å². The van der Waals surface area contributed by atoms with Crippen LogP contribution in [-0.4, -0.2) is 68.5 Å². The van der Waals surface area contributed by atoms with Crippen LogP contribution in [0.4, 0.5) is 0 Å². The first kappa shape index (κ1) is 15.0. The Kier molecular flexibility index (Phi) is 5.58. The molecular formula is C14H23N3O3. The van der Waals surface area contributed by atoms with E-state index in [4.69, 9.17) is 9.47 Å². The van der Waals surface area contributed by atoms with E-state index >= 15 is 0 Å². The number of hydrogen-bond donors (Lipinski definition) is 1. The van der Waals surface area contributed by atoms with Crippen LogP contribution in [0, 0.1) is 0 Å². The third-order valence-electron chi connectivity index (χ3n) is 3.44. The highest BCUT2D eigenvalue weighted by atomic mass is 16.5. The molecule has 20 heavy (non-hydrogen) atoms.